The molecule has 2 aliphatic rings. The smallest absolute Gasteiger partial charge is 0.160 e. The quantitative estimate of drug-likeness (QED) is 0.185. The summed E-state index contributed by atoms with van der Waals surface area (Å²) in [5.41, 5.74) is 13.7. The van der Waals surface area contributed by atoms with E-state index in [0.717, 1.165) is 61.5 Å². The molecule has 0 fully saturated rings. The Balaban J connectivity index is 1.14. The van der Waals surface area contributed by atoms with Gasteiger partial charge in [0.05, 0.1) is 16.8 Å². The van der Waals surface area contributed by atoms with E-state index in [0.29, 0.717) is 5.82 Å². The summed E-state index contributed by atoms with van der Waals surface area (Å²) in [4.78, 5) is 10.5. The molecule has 1 aliphatic carbocycles. The van der Waals surface area contributed by atoms with Crippen LogP contribution in [0.25, 0.3) is 66.9 Å². The molecule has 3 heteroatoms. The normalized spacial score (nSPS) is 13.1. The van der Waals surface area contributed by atoms with Gasteiger partial charge in [0.1, 0.15) is 11.5 Å². The van der Waals surface area contributed by atoms with Crippen molar-refractivity contribution < 1.29 is 4.74 Å². The highest BCUT2D eigenvalue weighted by Gasteiger charge is 2.51. The maximum Gasteiger partial charge on any atom is 0.160 e. The molecule has 0 N–H and O–H groups in total. The summed E-state index contributed by atoms with van der Waals surface area (Å²) in [6.07, 6.45) is 0. The first kappa shape index (κ1) is 30.5. The Morgan fingerprint density at radius 3 is 1.61 bits per heavy atom. The third-order valence-corrected chi connectivity index (χ3v) is 11.2. The van der Waals surface area contributed by atoms with E-state index in [1.165, 1.54) is 33.4 Å². The first-order valence-electron chi connectivity index (χ1n) is 18.4. The van der Waals surface area contributed by atoms with E-state index in [-0.39, 0.29) is 0 Å². The Bertz CT molecular complexity index is 2850. The van der Waals surface area contributed by atoms with Crippen molar-refractivity contribution in [1.29, 1.82) is 0 Å². The second-order valence-corrected chi connectivity index (χ2v) is 14.1. The zero-order valence-electron chi connectivity index (χ0n) is 29.3. The van der Waals surface area contributed by atoms with Gasteiger partial charge in [-0.2, -0.15) is 0 Å². The molecule has 1 aliphatic heterocycles. The molecular weight excluding hydrogens is 657 g/mol. The van der Waals surface area contributed by atoms with Gasteiger partial charge in [-0.05, 0) is 63.0 Å². The molecule has 0 radical (unpaired) electrons. The summed E-state index contributed by atoms with van der Waals surface area (Å²) in [5, 5.41) is 2.26. The van der Waals surface area contributed by atoms with Gasteiger partial charge in [0.25, 0.3) is 0 Å². The number of hydrogen-bond donors (Lipinski definition) is 0. The van der Waals surface area contributed by atoms with E-state index in [2.05, 4.69) is 182 Å². The zero-order valence-corrected chi connectivity index (χ0v) is 29.3. The molecule has 54 heavy (non-hydrogen) atoms. The average molecular weight is 689 g/mol. The second-order valence-electron chi connectivity index (χ2n) is 14.1. The summed E-state index contributed by atoms with van der Waals surface area (Å²) in [6.45, 7) is 0. The van der Waals surface area contributed by atoms with Crippen LogP contribution in [0.5, 0.6) is 11.5 Å². The minimum atomic E-state index is -0.608. The lowest BCUT2D eigenvalue weighted by atomic mass is 9.65. The van der Waals surface area contributed by atoms with E-state index in [1.807, 2.05) is 12.1 Å². The Morgan fingerprint density at radius 2 is 0.907 bits per heavy atom. The van der Waals surface area contributed by atoms with Gasteiger partial charge < -0.3 is 4.74 Å². The number of fused-ring (bicyclic) bond motifs is 11. The van der Waals surface area contributed by atoms with Crippen LogP contribution in [-0.2, 0) is 5.41 Å². The van der Waals surface area contributed by atoms with Crippen LogP contribution in [0.1, 0.15) is 22.3 Å². The van der Waals surface area contributed by atoms with Crippen LogP contribution in [0.15, 0.2) is 194 Å². The van der Waals surface area contributed by atoms with Crippen LogP contribution in [0.4, 0.5) is 0 Å². The van der Waals surface area contributed by atoms with Crippen molar-refractivity contribution in [3.8, 4) is 67.7 Å². The van der Waals surface area contributed by atoms with Crippen molar-refractivity contribution in [1.82, 2.24) is 9.97 Å². The van der Waals surface area contributed by atoms with Crippen LogP contribution < -0.4 is 4.74 Å². The maximum atomic E-state index is 6.99. The topological polar surface area (TPSA) is 35.0 Å². The van der Waals surface area contributed by atoms with Crippen molar-refractivity contribution in [2.24, 2.45) is 0 Å². The predicted molar refractivity (Wildman–Crippen MR) is 219 cm³/mol. The summed E-state index contributed by atoms with van der Waals surface area (Å²) in [7, 11) is 0. The summed E-state index contributed by atoms with van der Waals surface area (Å²) >= 11 is 0. The minimum absolute atomic E-state index is 0.608. The Labute approximate surface area is 313 Å². The molecule has 2 heterocycles. The van der Waals surface area contributed by atoms with Crippen molar-refractivity contribution in [3.05, 3.63) is 216 Å². The van der Waals surface area contributed by atoms with Crippen molar-refractivity contribution >= 4 is 10.8 Å². The van der Waals surface area contributed by atoms with E-state index in [9.17, 15) is 0 Å². The van der Waals surface area contributed by atoms with Gasteiger partial charge >= 0.3 is 0 Å². The monoisotopic (exact) mass is 688 g/mol. The molecule has 252 valence electrons. The maximum absolute atomic E-state index is 6.99. The number of ether oxygens (including phenoxy) is 1. The third-order valence-electron chi connectivity index (χ3n) is 11.2. The summed E-state index contributed by atoms with van der Waals surface area (Å²) < 4.78 is 6.99. The number of nitrogens with zero attached hydrogens (tertiary/aromatic N) is 2. The number of benzene rings is 8. The van der Waals surface area contributed by atoms with Gasteiger partial charge in [-0.3, -0.25) is 0 Å². The van der Waals surface area contributed by atoms with Crippen LogP contribution in [0, 0.1) is 0 Å². The van der Waals surface area contributed by atoms with Crippen molar-refractivity contribution in [2.75, 3.05) is 0 Å². The zero-order chi connectivity index (χ0) is 35.6. The van der Waals surface area contributed by atoms with Gasteiger partial charge in [0.2, 0.25) is 0 Å². The SMILES string of the molecule is c1ccc(-c2ccc(-c3cc(-c4ccccc4)nc(-c4ccc5c(c4)C4(c6ccccc6-c6ccccc64)c4ccc6ccccc6c4O5)n3)cc2)cc1. The highest BCUT2D eigenvalue weighted by Crippen LogP contribution is 2.63. The molecule has 11 rings (SSSR count). The van der Waals surface area contributed by atoms with Gasteiger partial charge in [0, 0.05) is 33.2 Å². The highest BCUT2D eigenvalue weighted by molar-refractivity contribution is 5.96. The molecule has 1 aromatic heterocycles. The fourth-order valence-corrected chi connectivity index (χ4v) is 8.71. The molecule has 0 bridgehead atoms. The predicted octanol–water partition coefficient (Wildman–Crippen LogP) is 12.8. The molecule has 9 aromatic rings. The van der Waals surface area contributed by atoms with E-state index in [4.69, 9.17) is 14.7 Å². The largest absolute Gasteiger partial charge is 0.456 e. The Morgan fingerprint density at radius 1 is 0.370 bits per heavy atom. The van der Waals surface area contributed by atoms with Crippen LogP contribution in [0.2, 0.25) is 0 Å². The molecule has 1 spiro atoms. The van der Waals surface area contributed by atoms with E-state index in [1.54, 1.807) is 0 Å². The molecule has 0 unspecified atom stereocenters. The van der Waals surface area contributed by atoms with Gasteiger partial charge in [-0.1, -0.05) is 170 Å². The van der Waals surface area contributed by atoms with Gasteiger partial charge in [-0.25, -0.2) is 9.97 Å². The highest BCUT2D eigenvalue weighted by atomic mass is 16.5. The van der Waals surface area contributed by atoms with Crippen molar-refractivity contribution in [3.63, 3.8) is 0 Å². The fourth-order valence-electron chi connectivity index (χ4n) is 8.71. The second kappa shape index (κ2) is 12.0. The lowest BCUT2D eigenvalue weighted by Crippen LogP contribution is -2.32. The molecule has 0 amide bonds. The van der Waals surface area contributed by atoms with Crippen LogP contribution in [0.3, 0.4) is 0 Å². The van der Waals surface area contributed by atoms with Crippen LogP contribution in [-0.4, -0.2) is 9.97 Å². The summed E-state index contributed by atoms with van der Waals surface area (Å²) in [6, 6.07) is 68.8. The number of hydrogen-bond acceptors (Lipinski definition) is 3. The number of rotatable bonds is 4. The molecule has 0 saturated carbocycles. The molecule has 8 aromatic carbocycles. The van der Waals surface area contributed by atoms with E-state index < -0.39 is 5.41 Å². The summed E-state index contributed by atoms with van der Waals surface area (Å²) in [5.74, 6) is 2.41. The molecule has 3 nitrogen and oxygen atoms in total. The van der Waals surface area contributed by atoms with Crippen molar-refractivity contribution in [2.45, 2.75) is 5.41 Å². The van der Waals surface area contributed by atoms with Gasteiger partial charge in [-0.15, -0.1) is 0 Å². The fraction of sp³-hybridized carbons (Fsp3) is 0.0196. The lowest BCUT2D eigenvalue weighted by Gasteiger charge is -2.40. The first-order chi connectivity index (χ1) is 26.8. The first-order valence-corrected chi connectivity index (χ1v) is 18.4. The average Bonchev–Trinajstić information content (AvgIpc) is 3.54. The molecule has 0 atom stereocenters. The van der Waals surface area contributed by atoms with Gasteiger partial charge in [0.15, 0.2) is 5.82 Å². The lowest BCUT2D eigenvalue weighted by molar-refractivity contribution is 0.442. The Kier molecular flexibility index (Phi) is 6.77. The Hall–Kier alpha value is -7.10. The third kappa shape index (κ3) is 4.55. The molecular formula is C51H32N2O. The standard InChI is InChI=1S/C51H32N2O/c1-3-13-33(14-4-1)34-23-25-37(26-24-34)47-32-46(36-16-5-2-6-17-36)52-50(53-47)38-28-30-48-45(31-38)51(44-29-27-35-15-7-8-18-39(35)49(44)54-48)42-21-11-9-19-40(42)41-20-10-12-22-43(41)51/h1-32H. The minimum Gasteiger partial charge on any atom is -0.456 e. The van der Waals surface area contributed by atoms with Crippen LogP contribution >= 0.6 is 0 Å². The van der Waals surface area contributed by atoms with E-state index >= 15 is 0 Å². The molecule has 0 saturated heterocycles. The number of aromatic nitrogens is 2.